The fourth-order valence-corrected chi connectivity index (χ4v) is 5.84. The van der Waals surface area contributed by atoms with Crippen molar-refractivity contribution in [3.8, 4) is 0 Å². The number of phosphoric ester groups is 1. The fourth-order valence-electron chi connectivity index (χ4n) is 5.48. The van der Waals surface area contributed by atoms with E-state index in [4.69, 9.17) is 30.1 Å². The van der Waals surface area contributed by atoms with Crippen LogP contribution in [-0.2, 0) is 28.2 Å². The molecule has 11 heteroatoms. The molecule has 0 spiro atoms. The van der Waals surface area contributed by atoms with E-state index >= 15 is 0 Å². The van der Waals surface area contributed by atoms with E-state index in [-0.39, 0.29) is 26.1 Å². The number of carbonyl (C=O) groups is 2. The summed E-state index contributed by atoms with van der Waals surface area (Å²) in [6, 6.07) is 0. The fraction of sp³-hybridized carbons (Fsp3) is 0.854. The van der Waals surface area contributed by atoms with E-state index in [0.717, 1.165) is 64.2 Å². The highest BCUT2D eigenvalue weighted by molar-refractivity contribution is 7.46. The van der Waals surface area contributed by atoms with Gasteiger partial charge in [-0.05, 0) is 64.2 Å². The van der Waals surface area contributed by atoms with Crippen molar-refractivity contribution in [3.63, 3.8) is 0 Å². The molecule has 5 N–H and O–H groups in total. The molecule has 0 bridgehead atoms. The number of hydrogen-bond donors (Lipinski definition) is 4. The molecule has 0 aliphatic heterocycles. The minimum atomic E-state index is -4.75. The van der Waals surface area contributed by atoms with Gasteiger partial charge in [0.15, 0.2) is 6.10 Å². The van der Waals surface area contributed by atoms with E-state index in [1.807, 2.05) is 0 Å². The maximum absolute atomic E-state index is 12.4. The third kappa shape index (κ3) is 46.5. The molecule has 0 saturated heterocycles. The first-order chi connectivity index (χ1) is 25.2. The van der Waals surface area contributed by atoms with E-state index in [9.17, 15) is 14.2 Å². The van der Waals surface area contributed by atoms with Crippen LogP contribution in [0.15, 0.2) is 24.3 Å². The predicted octanol–water partition coefficient (Wildman–Crippen LogP) is 10.6. The highest BCUT2D eigenvalue weighted by Crippen LogP contribution is 2.36. The SMILES string of the molecule is CCCCCCCC/C=C\CCCCCCCC(=O)OC[C@H](COP(=O)(O)O)OC(=O)CCCCCCC/C=C\CCCCCCCC.NCCO. The number of unbranched alkanes of at least 4 members (excludes halogenated alkanes) is 22. The van der Waals surface area contributed by atoms with Crippen LogP contribution in [0.25, 0.3) is 0 Å². The Morgan fingerprint density at radius 1 is 0.577 bits per heavy atom. The van der Waals surface area contributed by atoms with Crippen LogP contribution in [0, 0.1) is 0 Å². The Kier molecular flexibility index (Phi) is 42.6. The number of esters is 2. The minimum Gasteiger partial charge on any atom is -0.462 e. The van der Waals surface area contributed by atoms with Gasteiger partial charge in [-0.2, -0.15) is 0 Å². The third-order valence-corrected chi connectivity index (χ3v) is 9.06. The van der Waals surface area contributed by atoms with Crippen molar-refractivity contribution < 1.29 is 43.0 Å². The highest BCUT2D eigenvalue weighted by Gasteiger charge is 2.22. The summed E-state index contributed by atoms with van der Waals surface area (Å²) in [5.74, 6) is -0.901. The van der Waals surface area contributed by atoms with Crippen molar-refractivity contribution in [1.29, 1.82) is 0 Å². The van der Waals surface area contributed by atoms with Gasteiger partial charge in [0, 0.05) is 19.4 Å². The van der Waals surface area contributed by atoms with Crippen molar-refractivity contribution >= 4 is 19.8 Å². The smallest absolute Gasteiger partial charge is 0.462 e. The summed E-state index contributed by atoms with van der Waals surface area (Å²) in [7, 11) is -4.75. The van der Waals surface area contributed by atoms with Gasteiger partial charge < -0.3 is 30.1 Å². The Morgan fingerprint density at radius 2 is 0.923 bits per heavy atom. The minimum absolute atomic E-state index is 0.0972. The van der Waals surface area contributed by atoms with Crippen LogP contribution in [0.2, 0.25) is 0 Å². The third-order valence-electron chi connectivity index (χ3n) is 8.57. The molecule has 308 valence electrons. The number of aliphatic hydroxyl groups excluding tert-OH is 1. The lowest BCUT2D eigenvalue weighted by molar-refractivity contribution is -0.161. The van der Waals surface area contributed by atoms with Gasteiger partial charge in [-0.1, -0.05) is 141 Å². The Balaban J connectivity index is 0. The number of aliphatic hydroxyl groups is 1. The standard InChI is InChI=1S/C39H73O8P.C2H7NO/c1-3-5-7-9-11-13-15-17-19-21-23-25-27-29-31-33-38(40)45-35-37(36-46-48(42,43)44)47-39(41)34-32-30-28-26-24-22-20-18-16-14-12-10-8-6-4-2;3-1-2-4/h17-20,37H,3-16,21-36H2,1-2H3,(H2,42,43,44);4H,1-3H2/b19-17-,20-18-;/t37-;/m1./s1. The van der Waals surface area contributed by atoms with Crippen LogP contribution < -0.4 is 5.73 Å². The van der Waals surface area contributed by atoms with Gasteiger partial charge in [0.05, 0.1) is 13.2 Å². The zero-order chi connectivity index (χ0) is 38.8. The van der Waals surface area contributed by atoms with Crippen LogP contribution >= 0.6 is 7.82 Å². The summed E-state index contributed by atoms with van der Waals surface area (Å²) in [6.45, 7) is 4.13. The largest absolute Gasteiger partial charge is 0.469 e. The maximum Gasteiger partial charge on any atom is 0.469 e. The van der Waals surface area contributed by atoms with Crippen LogP contribution in [0.4, 0.5) is 0 Å². The summed E-state index contributed by atoms with van der Waals surface area (Å²) in [4.78, 5) is 42.7. The molecule has 0 unspecified atom stereocenters. The summed E-state index contributed by atoms with van der Waals surface area (Å²) < 4.78 is 26.3. The molecule has 0 saturated carbocycles. The quantitative estimate of drug-likeness (QED) is 0.0207. The highest BCUT2D eigenvalue weighted by atomic mass is 31.2. The lowest BCUT2D eigenvalue weighted by Crippen LogP contribution is -2.29. The molecule has 0 aromatic rings. The van der Waals surface area contributed by atoms with Gasteiger partial charge in [-0.15, -0.1) is 0 Å². The molecule has 0 fully saturated rings. The van der Waals surface area contributed by atoms with Gasteiger partial charge in [-0.25, -0.2) is 4.57 Å². The first kappa shape index (κ1) is 52.6. The Morgan fingerprint density at radius 3 is 1.29 bits per heavy atom. The van der Waals surface area contributed by atoms with Crippen LogP contribution in [0.3, 0.4) is 0 Å². The molecule has 0 amide bonds. The number of nitrogens with two attached hydrogens (primary N) is 1. The first-order valence-electron chi connectivity index (χ1n) is 20.9. The maximum atomic E-state index is 12.4. The Labute approximate surface area is 318 Å². The van der Waals surface area contributed by atoms with Crippen LogP contribution in [0.5, 0.6) is 0 Å². The summed E-state index contributed by atoms with van der Waals surface area (Å²) in [5.41, 5.74) is 4.78. The van der Waals surface area contributed by atoms with Crippen molar-refractivity contribution in [2.45, 2.75) is 200 Å². The second-order valence-corrected chi connectivity index (χ2v) is 15.0. The van der Waals surface area contributed by atoms with E-state index in [2.05, 4.69) is 42.7 Å². The average molecular weight is 762 g/mol. The molecule has 0 aromatic carbocycles. The van der Waals surface area contributed by atoms with Gasteiger partial charge in [0.2, 0.25) is 0 Å². The Hall–Kier alpha value is -1.55. The number of hydrogen-bond acceptors (Lipinski definition) is 8. The van der Waals surface area contributed by atoms with Gasteiger partial charge in [0.25, 0.3) is 0 Å². The number of ether oxygens (including phenoxy) is 2. The average Bonchev–Trinajstić information content (AvgIpc) is 3.12. The summed E-state index contributed by atoms with van der Waals surface area (Å²) in [5, 5.41) is 7.75. The number of rotatable bonds is 37. The van der Waals surface area contributed by atoms with Crippen LogP contribution in [0.1, 0.15) is 194 Å². The molecule has 52 heavy (non-hydrogen) atoms. The van der Waals surface area contributed by atoms with Crippen molar-refractivity contribution in [1.82, 2.24) is 0 Å². The van der Waals surface area contributed by atoms with Gasteiger partial charge in [-0.3, -0.25) is 14.1 Å². The number of carbonyl (C=O) groups excluding carboxylic acids is 2. The molecule has 0 rings (SSSR count). The van der Waals surface area contributed by atoms with E-state index in [0.29, 0.717) is 19.4 Å². The normalized spacial score (nSPS) is 12.3. The zero-order valence-electron chi connectivity index (χ0n) is 33.3. The number of allylic oxidation sites excluding steroid dienone is 4. The van der Waals surface area contributed by atoms with Crippen molar-refractivity contribution in [2.75, 3.05) is 26.4 Å². The van der Waals surface area contributed by atoms with Gasteiger partial charge >= 0.3 is 19.8 Å². The van der Waals surface area contributed by atoms with Crippen molar-refractivity contribution in [2.24, 2.45) is 5.73 Å². The second kappa shape index (κ2) is 42.2. The van der Waals surface area contributed by atoms with E-state index < -0.39 is 32.5 Å². The topological polar surface area (TPSA) is 166 Å². The molecular weight excluding hydrogens is 681 g/mol. The lowest BCUT2D eigenvalue weighted by atomic mass is 10.1. The number of phosphoric acid groups is 1. The molecule has 0 aliphatic rings. The molecule has 0 heterocycles. The summed E-state index contributed by atoms with van der Waals surface area (Å²) in [6.07, 6.45) is 38.9. The zero-order valence-corrected chi connectivity index (χ0v) is 34.2. The van der Waals surface area contributed by atoms with Crippen molar-refractivity contribution in [3.05, 3.63) is 24.3 Å². The lowest BCUT2D eigenvalue weighted by Gasteiger charge is -2.18. The first-order valence-corrected chi connectivity index (χ1v) is 22.4. The monoisotopic (exact) mass is 762 g/mol. The van der Waals surface area contributed by atoms with Crippen LogP contribution in [-0.4, -0.2) is 59.3 Å². The molecule has 10 nitrogen and oxygen atoms in total. The molecule has 0 radical (unpaired) electrons. The molecule has 1 atom stereocenters. The van der Waals surface area contributed by atoms with E-state index in [1.165, 1.54) is 89.9 Å². The van der Waals surface area contributed by atoms with Gasteiger partial charge in [0.1, 0.15) is 6.61 Å². The van der Waals surface area contributed by atoms with E-state index in [1.54, 1.807) is 0 Å². The molecular formula is C41H80NO9P. The predicted molar refractivity (Wildman–Crippen MR) is 214 cm³/mol. The second-order valence-electron chi connectivity index (χ2n) is 13.8. The summed E-state index contributed by atoms with van der Waals surface area (Å²) >= 11 is 0. The molecule has 0 aliphatic carbocycles. The Bertz CT molecular complexity index is 876. The molecule has 0 aromatic heterocycles.